The molecular formula is C23H36O7. The Morgan fingerprint density at radius 1 is 1.40 bits per heavy atom. The van der Waals surface area contributed by atoms with E-state index in [1.807, 2.05) is 13.0 Å². The number of fused-ring (bicyclic) bond motifs is 2. The molecule has 3 N–H and O–H groups in total. The maximum absolute atomic E-state index is 12.8. The molecule has 0 aromatic heterocycles. The molecule has 2 rings (SSSR count). The van der Waals surface area contributed by atoms with Crippen molar-refractivity contribution >= 4 is 11.9 Å². The van der Waals surface area contributed by atoms with E-state index in [0.29, 0.717) is 25.7 Å². The Hall–Kier alpha value is -1.70. The minimum Gasteiger partial charge on any atom is -0.469 e. The van der Waals surface area contributed by atoms with E-state index >= 15 is 0 Å². The van der Waals surface area contributed by atoms with Crippen molar-refractivity contribution in [1.82, 2.24) is 0 Å². The molecule has 7 nitrogen and oxygen atoms in total. The number of carbonyl (C=O) groups is 2. The number of aliphatic hydroxyl groups is 3. The Balaban J connectivity index is 2.44. The minimum absolute atomic E-state index is 0.00137. The molecule has 7 heteroatoms. The van der Waals surface area contributed by atoms with E-state index in [9.17, 15) is 24.9 Å². The summed E-state index contributed by atoms with van der Waals surface area (Å²) < 4.78 is 10.4. The van der Waals surface area contributed by atoms with Gasteiger partial charge in [-0.25, -0.2) is 0 Å². The molecule has 0 aromatic rings. The molecule has 0 aliphatic heterocycles. The van der Waals surface area contributed by atoms with E-state index in [-0.39, 0.29) is 30.3 Å². The van der Waals surface area contributed by atoms with E-state index in [4.69, 9.17) is 9.47 Å². The second-order valence-corrected chi connectivity index (χ2v) is 9.47. The summed E-state index contributed by atoms with van der Waals surface area (Å²) in [5.74, 6) is -1.62. The summed E-state index contributed by atoms with van der Waals surface area (Å²) in [5.41, 5.74) is 0.0409. The molecule has 1 saturated carbocycles. The van der Waals surface area contributed by atoms with Gasteiger partial charge in [-0.15, -0.1) is 0 Å². The van der Waals surface area contributed by atoms with Crippen LogP contribution in [0.15, 0.2) is 23.3 Å². The molecule has 2 aliphatic rings. The quantitative estimate of drug-likeness (QED) is 0.424. The van der Waals surface area contributed by atoms with E-state index in [1.54, 1.807) is 6.08 Å². The van der Waals surface area contributed by atoms with Crippen molar-refractivity contribution in [3.63, 3.8) is 0 Å². The van der Waals surface area contributed by atoms with E-state index in [2.05, 4.69) is 0 Å². The van der Waals surface area contributed by atoms with Crippen LogP contribution in [0.4, 0.5) is 0 Å². The predicted octanol–water partition coefficient (Wildman–Crippen LogP) is 2.28. The largest absolute Gasteiger partial charge is 0.469 e. The Labute approximate surface area is 178 Å². The van der Waals surface area contributed by atoms with Crippen LogP contribution in [-0.4, -0.2) is 58.8 Å². The molecule has 0 amide bonds. The summed E-state index contributed by atoms with van der Waals surface area (Å²) in [6.45, 7) is 6.40. The fourth-order valence-electron chi connectivity index (χ4n) is 4.50. The van der Waals surface area contributed by atoms with Gasteiger partial charge in [0.05, 0.1) is 30.8 Å². The van der Waals surface area contributed by atoms with Crippen LogP contribution in [0, 0.1) is 17.3 Å². The summed E-state index contributed by atoms with van der Waals surface area (Å²) in [4.78, 5) is 24.3. The van der Waals surface area contributed by atoms with E-state index in [0.717, 1.165) is 11.1 Å². The van der Waals surface area contributed by atoms with Gasteiger partial charge in [0.2, 0.25) is 0 Å². The van der Waals surface area contributed by atoms with Crippen LogP contribution in [0.1, 0.15) is 59.8 Å². The number of esters is 2. The van der Waals surface area contributed by atoms with Gasteiger partial charge in [-0.2, -0.15) is 0 Å². The Kier molecular flexibility index (Phi) is 7.88. The summed E-state index contributed by atoms with van der Waals surface area (Å²) in [6, 6.07) is 0. The molecule has 0 heterocycles. The predicted molar refractivity (Wildman–Crippen MR) is 111 cm³/mol. The van der Waals surface area contributed by atoms with Gasteiger partial charge >= 0.3 is 11.9 Å². The van der Waals surface area contributed by atoms with Crippen LogP contribution in [0.25, 0.3) is 0 Å². The summed E-state index contributed by atoms with van der Waals surface area (Å²) >= 11 is 0. The number of rotatable bonds is 7. The average Bonchev–Trinajstić information content (AvgIpc) is 2.78. The third-order valence-electron chi connectivity index (χ3n) is 6.64. The maximum atomic E-state index is 12.8. The zero-order chi connectivity index (χ0) is 22.7. The smallest absolute Gasteiger partial charge is 0.313 e. The molecule has 0 radical (unpaired) electrons. The van der Waals surface area contributed by atoms with Crippen LogP contribution in [0.3, 0.4) is 0 Å². The first-order valence-corrected chi connectivity index (χ1v) is 10.6. The normalized spacial score (nSPS) is 30.7. The molecular weight excluding hydrogens is 388 g/mol. The first-order chi connectivity index (χ1) is 13.9. The van der Waals surface area contributed by atoms with Crippen LogP contribution in [0.2, 0.25) is 0 Å². The highest BCUT2D eigenvalue weighted by Gasteiger charge is 2.46. The molecule has 0 spiro atoms. The van der Waals surface area contributed by atoms with Crippen molar-refractivity contribution in [1.29, 1.82) is 0 Å². The molecule has 30 heavy (non-hydrogen) atoms. The number of aliphatic hydroxyl groups excluding tert-OH is 2. The van der Waals surface area contributed by atoms with Crippen molar-refractivity contribution in [3.05, 3.63) is 23.3 Å². The number of methoxy groups -OCH3 is 1. The van der Waals surface area contributed by atoms with Crippen LogP contribution >= 0.6 is 0 Å². The first-order valence-electron chi connectivity index (χ1n) is 10.6. The second kappa shape index (κ2) is 9.62. The highest BCUT2D eigenvalue weighted by Crippen LogP contribution is 2.50. The fraction of sp³-hybridized carbons (Fsp3) is 0.739. The highest BCUT2D eigenvalue weighted by atomic mass is 16.5. The maximum Gasteiger partial charge on any atom is 0.313 e. The number of ether oxygens (including phenoxy) is 2. The fourth-order valence-corrected chi connectivity index (χ4v) is 4.50. The molecule has 2 bridgehead atoms. The van der Waals surface area contributed by atoms with Gasteiger partial charge in [-0.1, -0.05) is 24.6 Å². The van der Waals surface area contributed by atoms with Gasteiger partial charge in [0.1, 0.15) is 6.61 Å². The van der Waals surface area contributed by atoms with Crippen LogP contribution < -0.4 is 0 Å². The van der Waals surface area contributed by atoms with Gasteiger partial charge in [-0.05, 0) is 56.9 Å². The zero-order valence-electron chi connectivity index (χ0n) is 18.7. The monoisotopic (exact) mass is 424 g/mol. The summed E-state index contributed by atoms with van der Waals surface area (Å²) in [6.07, 6.45) is 4.78. The first kappa shape index (κ1) is 24.6. The lowest BCUT2D eigenvalue weighted by Crippen LogP contribution is -2.36. The topological polar surface area (TPSA) is 113 Å². The second-order valence-electron chi connectivity index (χ2n) is 9.47. The Morgan fingerprint density at radius 3 is 2.63 bits per heavy atom. The van der Waals surface area contributed by atoms with Crippen LogP contribution in [0.5, 0.6) is 0 Å². The van der Waals surface area contributed by atoms with Crippen LogP contribution in [-0.2, 0) is 19.1 Å². The standard InChI is InChI=1S/C23H36O7/c1-14(24)30-13-16(7-8-18(25)22(2,3)28)17-10-11-23(4)12-15(6-9-19(23)26)20(17)21(27)29-5/h6-7,17-20,25-26,28H,8-13H2,1-5H3/t17-,18?,19-,20+,23+/m1/s1. The molecule has 2 aliphatic carbocycles. The Morgan fingerprint density at radius 2 is 2.07 bits per heavy atom. The lowest BCUT2D eigenvalue weighted by atomic mass is 9.71. The lowest BCUT2D eigenvalue weighted by molar-refractivity contribution is -0.145. The van der Waals surface area contributed by atoms with E-state index in [1.165, 1.54) is 27.9 Å². The summed E-state index contributed by atoms with van der Waals surface area (Å²) in [7, 11) is 1.36. The number of hydrogen-bond acceptors (Lipinski definition) is 7. The van der Waals surface area contributed by atoms with Crippen molar-refractivity contribution in [3.8, 4) is 0 Å². The van der Waals surface area contributed by atoms with Crippen molar-refractivity contribution in [2.24, 2.45) is 17.3 Å². The third kappa shape index (κ3) is 5.71. The van der Waals surface area contributed by atoms with Gasteiger partial charge < -0.3 is 24.8 Å². The number of hydrogen-bond donors (Lipinski definition) is 3. The molecule has 5 atom stereocenters. The molecule has 1 unspecified atom stereocenters. The Bertz CT molecular complexity index is 703. The highest BCUT2D eigenvalue weighted by molar-refractivity contribution is 5.77. The number of carbonyl (C=O) groups excluding carboxylic acids is 2. The van der Waals surface area contributed by atoms with Crippen molar-refractivity contribution < 1.29 is 34.4 Å². The average molecular weight is 425 g/mol. The van der Waals surface area contributed by atoms with Crippen molar-refractivity contribution in [2.75, 3.05) is 13.7 Å². The molecule has 1 fully saturated rings. The van der Waals surface area contributed by atoms with E-state index < -0.39 is 29.7 Å². The molecule has 0 saturated heterocycles. The SMILES string of the molecule is COC(=O)[C@H]1C2=CC[C@@H](O)[C@@](C)(CC[C@@H]1C(=CCC(O)C(C)(C)O)COC(C)=O)C2. The lowest BCUT2D eigenvalue weighted by Gasteiger charge is -2.37. The minimum atomic E-state index is -1.29. The molecule has 170 valence electrons. The third-order valence-corrected chi connectivity index (χ3v) is 6.64. The van der Waals surface area contributed by atoms with Crippen molar-refractivity contribution in [2.45, 2.75) is 77.6 Å². The summed E-state index contributed by atoms with van der Waals surface area (Å²) in [5, 5.41) is 30.9. The van der Waals surface area contributed by atoms with Gasteiger partial charge in [0.25, 0.3) is 0 Å². The van der Waals surface area contributed by atoms with Gasteiger partial charge in [-0.3, -0.25) is 9.59 Å². The molecule has 0 aromatic carbocycles. The zero-order valence-corrected chi connectivity index (χ0v) is 18.7. The van der Waals surface area contributed by atoms with Gasteiger partial charge in [0.15, 0.2) is 0 Å². The van der Waals surface area contributed by atoms with Gasteiger partial charge in [0, 0.05) is 12.8 Å².